The molecular weight excluding hydrogens is 444 g/mol. The third-order valence-corrected chi connectivity index (χ3v) is 6.66. The third kappa shape index (κ3) is 5.70. The summed E-state index contributed by atoms with van der Waals surface area (Å²) in [7, 11) is 0. The Morgan fingerprint density at radius 3 is 2.59 bits per heavy atom. The first-order chi connectivity index (χ1) is 16.1. The van der Waals surface area contributed by atoms with Gasteiger partial charge in [0.15, 0.2) is 0 Å². The fourth-order valence-electron chi connectivity index (χ4n) is 4.17. The number of fused-ring (bicyclic) bond motifs is 4. The molecule has 2 heterocycles. The van der Waals surface area contributed by atoms with Crippen molar-refractivity contribution in [3.8, 4) is 17.1 Å². The van der Waals surface area contributed by atoms with Gasteiger partial charge in [-0.2, -0.15) is 4.98 Å². The van der Waals surface area contributed by atoms with Crippen molar-refractivity contribution in [2.75, 3.05) is 11.3 Å². The zero-order valence-corrected chi connectivity index (χ0v) is 21.5. The molecule has 1 aliphatic rings. The van der Waals surface area contributed by atoms with Gasteiger partial charge >= 0.3 is 0 Å². The summed E-state index contributed by atoms with van der Waals surface area (Å²) in [4.78, 5) is 23.3. The molecule has 1 amide bonds. The van der Waals surface area contributed by atoms with Gasteiger partial charge in [-0.1, -0.05) is 39.0 Å². The molecule has 0 saturated heterocycles. The highest BCUT2D eigenvalue weighted by atomic mass is 32.2. The van der Waals surface area contributed by atoms with Crippen LogP contribution in [0.1, 0.15) is 54.2 Å². The SMILES string of the molecule is Cc1ccc(C)c(-c2cc3nc(n2)NSc2cccc(c2)C(=O)N[C@H](CC(C)(C)C)CO3)c1C. The van der Waals surface area contributed by atoms with Crippen LogP contribution in [-0.2, 0) is 0 Å². The van der Waals surface area contributed by atoms with E-state index >= 15 is 0 Å². The van der Waals surface area contributed by atoms with Crippen molar-refractivity contribution in [1.82, 2.24) is 15.3 Å². The zero-order valence-electron chi connectivity index (χ0n) is 20.7. The number of hydrogen-bond donors (Lipinski definition) is 2. The summed E-state index contributed by atoms with van der Waals surface area (Å²) in [5.41, 5.74) is 6.08. The smallest absolute Gasteiger partial charge is 0.251 e. The maximum absolute atomic E-state index is 13.0. The summed E-state index contributed by atoms with van der Waals surface area (Å²) < 4.78 is 9.43. The maximum atomic E-state index is 13.0. The number of aryl methyl sites for hydroxylation is 2. The van der Waals surface area contributed by atoms with Crippen molar-refractivity contribution < 1.29 is 9.53 Å². The molecule has 1 atom stereocenters. The fourth-order valence-corrected chi connectivity index (χ4v) is 4.80. The van der Waals surface area contributed by atoms with Gasteiger partial charge in [-0.25, -0.2) is 4.98 Å². The Balaban J connectivity index is 1.77. The van der Waals surface area contributed by atoms with Gasteiger partial charge in [-0.05, 0) is 79.4 Å². The largest absolute Gasteiger partial charge is 0.475 e. The second-order valence-electron chi connectivity index (χ2n) is 10.1. The number of benzene rings is 2. The molecule has 1 aromatic heterocycles. The average molecular weight is 477 g/mol. The first kappa shape index (κ1) is 24.1. The number of aromatic nitrogens is 2. The normalized spacial score (nSPS) is 16.3. The van der Waals surface area contributed by atoms with Crippen molar-refractivity contribution in [3.05, 3.63) is 64.7 Å². The highest BCUT2D eigenvalue weighted by molar-refractivity contribution is 8.00. The van der Waals surface area contributed by atoms with E-state index in [4.69, 9.17) is 9.72 Å². The molecule has 2 N–H and O–H groups in total. The molecule has 178 valence electrons. The van der Waals surface area contributed by atoms with Crippen molar-refractivity contribution in [3.63, 3.8) is 0 Å². The Labute approximate surface area is 206 Å². The van der Waals surface area contributed by atoms with E-state index in [0.29, 0.717) is 24.0 Å². The molecular formula is C27H32N4O2S. The lowest BCUT2D eigenvalue weighted by Crippen LogP contribution is -2.41. The Hall–Kier alpha value is -3.06. The fraction of sp³-hybridized carbons (Fsp3) is 0.370. The molecule has 3 aromatic rings. The molecule has 0 fully saturated rings. The van der Waals surface area contributed by atoms with E-state index < -0.39 is 0 Å². The lowest BCUT2D eigenvalue weighted by Gasteiger charge is -2.27. The van der Waals surface area contributed by atoms with E-state index in [1.807, 2.05) is 30.3 Å². The Kier molecular flexibility index (Phi) is 6.84. The predicted octanol–water partition coefficient (Wildman–Crippen LogP) is 6.12. The minimum atomic E-state index is -0.165. The van der Waals surface area contributed by atoms with E-state index in [1.165, 1.54) is 23.1 Å². The summed E-state index contributed by atoms with van der Waals surface area (Å²) in [6.45, 7) is 13.1. The topological polar surface area (TPSA) is 76.1 Å². The number of carbonyl (C=O) groups is 1. The van der Waals surface area contributed by atoms with Crippen LogP contribution in [0, 0.1) is 26.2 Å². The van der Waals surface area contributed by atoms with E-state index in [2.05, 4.69) is 68.7 Å². The number of hydrogen-bond acceptors (Lipinski definition) is 6. The first-order valence-electron chi connectivity index (χ1n) is 11.5. The molecule has 7 heteroatoms. The van der Waals surface area contributed by atoms with Gasteiger partial charge < -0.3 is 10.1 Å². The molecule has 1 aliphatic heterocycles. The number of carbonyl (C=O) groups excluding carboxylic acids is 1. The number of anilines is 1. The minimum Gasteiger partial charge on any atom is -0.475 e. The number of ether oxygens (including phenoxy) is 1. The Bertz CT molecular complexity index is 1220. The maximum Gasteiger partial charge on any atom is 0.251 e. The number of amides is 1. The van der Waals surface area contributed by atoms with Crippen molar-refractivity contribution in [1.29, 1.82) is 0 Å². The molecule has 0 aliphatic carbocycles. The molecule has 4 bridgehead atoms. The molecule has 4 rings (SSSR count). The van der Waals surface area contributed by atoms with Gasteiger partial charge in [0.25, 0.3) is 5.91 Å². The third-order valence-electron chi connectivity index (χ3n) is 5.89. The van der Waals surface area contributed by atoms with Crippen LogP contribution in [0.15, 0.2) is 47.4 Å². The number of nitrogens with zero attached hydrogens (tertiary/aromatic N) is 2. The van der Waals surface area contributed by atoms with Gasteiger partial charge in [0.1, 0.15) is 6.61 Å². The van der Waals surface area contributed by atoms with Crippen LogP contribution in [0.2, 0.25) is 0 Å². The van der Waals surface area contributed by atoms with E-state index in [0.717, 1.165) is 28.1 Å². The van der Waals surface area contributed by atoms with Gasteiger partial charge in [0.2, 0.25) is 11.8 Å². The summed E-state index contributed by atoms with van der Waals surface area (Å²) in [5.74, 6) is 0.839. The monoisotopic (exact) mass is 476 g/mol. The summed E-state index contributed by atoms with van der Waals surface area (Å²) in [6.07, 6.45) is 0.770. The van der Waals surface area contributed by atoms with Crippen LogP contribution in [0.3, 0.4) is 0 Å². The van der Waals surface area contributed by atoms with Crippen molar-refractivity contribution in [2.24, 2.45) is 5.41 Å². The Morgan fingerprint density at radius 2 is 1.82 bits per heavy atom. The van der Waals surface area contributed by atoms with Gasteiger partial charge in [0.05, 0.1) is 11.7 Å². The van der Waals surface area contributed by atoms with Crippen LogP contribution in [0.5, 0.6) is 5.88 Å². The quantitative estimate of drug-likeness (QED) is 0.434. The Morgan fingerprint density at radius 1 is 1.06 bits per heavy atom. The lowest BCUT2D eigenvalue weighted by atomic mass is 9.88. The second kappa shape index (κ2) is 9.66. The summed E-state index contributed by atoms with van der Waals surface area (Å²) in [6, 6.07) is 13.5. The van der Waals surface area contributed by atoms with E-state index in [9.17, 15) is 4.79 Å². The molecule has 34 heavy (non-hydrogen) atoms. The van der Waals surface area contributed by atoms with Crippen molar-refractivity contribution in [2.45, 2.75) is 58.9 Å². The van der Waals surface area contributed by atoms with Gasteiger partial charge in [0, 0.05) is 22.1 Å². The highest BCUT2D eigenvalue weighted by Gasteiger charge is 2.23. The summed E-state index contributed by atoms with van der Waals surface area (Å²) in [5, 5.41) is 3.16. The summed E-state index contributed by atoms with van der Waals surface area (Å²) >= 11 is 1.37. The number of nitrogens with one attached hydrogen (secondary N) is 2. The van der Waals surface area contributed by atoms with E-state index in [-0.39, 0.29) is 17.4 Å². The molecule has 0 radical (unpaired) electrons. The molecule has 0 unspecified atom stereocenters. The number of rotatable bonds is 2. The zero-order chi connectivity index (χ0) is 24.5. The van der Waals surface area contributed by atoms with Crippen LogP contribution < -0.4 is 14.8 Å². The molecule has 0 spiro atoms. The minimum absolute atomic E-state index is 0.0201. The van der Waals surface area contributed by atoms with E-state index in [1.54, 1.807) is 0 Å². The first-order valence-corrected chi connectivity index (χ1v) is 12.3. The van der Waals surface area contributed by atoms with Gasteiger partial charge in [-0.15, -0.1) is 0 Å². The van der Waals surface area contributed by atoms with Crippen LogP contribution in [0.4, 0.5) is 5.95 Å². The standard InChI is InChI=1S/C27H32N4O2S/c1-16-10-11-17(2)24(18(16)3)22-13-23-30-26(29-22)31-34-21-9-7-8-19(12-21)25(32)28-20(15-33-23)14-27(4,5)6/h7-13,20H,14-15H2,1-6H3,(H,28,32)(H,29,30,31)/t20-/m1/s1. The van der Waals surface area contributed by atoms with Gasteiger partial charge in [-0.3, -0.25) is 9.52 Å². The highest BCUT2D eigenvalue weighted by Crippen LogP contribution is 2.32. The average Bonchev–Trinajstić information content (AvgIpc) is 2.78. The molecule has 2 aromatic carbocycles. The van der Waals surface area contributed by atoms with Crippen molar-refractivity contribution >= 4 is 23.8 Å². The van der Waals surface area contributed by atoms with Crippen LogP contribution in [-0.4, -0.2) is 28.5 Å². The predicted molar refractivity (Wildman–Crippen MR) is 138 cm³/mol. The molecule has 0 saturated carbocycles. The van der Waals surface area contributed by atoms with Crippen LogP contribution in [0.25, 0.3) is 11.3 Å². The second-order valence-corrected chi connectivity index (χ2v) is 11.0. The van der Waals surface area contributed by atoms with Crippen LogP contribution >= 0.6 is 11.9 Å². The lowest BCUT2D eigenvalue weighted by molar-refractivity contribution is 0.0903. The molecule has 6 nitrogen and oxygen atoms in total.